The number of benzene rings is 2. The van der Waals surface area contributed by atoms with E-state index in [0.717, 1.165) is 29.0 Å². The minimum absolute atomic E-state index is 0. The average molecular weight is 543 g/mol. The number of ether oxygens (including phenoxy) is 3. The molecule has 2 rings (SSSR count). The second-order valence-corrected chi connectivity index (χ2v) is 6.67. The Morgan fingerprint density at radius 1 is 1.03 bits per heavy atom. The van der Waals surface area contributed by atoms with Crippen LogP contribution < -0.4 is 20.1 Å². The van der Waals surface area contributed by atoms with Crippen molar-refractivity contribution in [2.75, 3.05) is 33.5 Å². The molecule has 7 nitrogen and oxygen atoms in total. The Balaban J connectivity index is 0.00000480. The summed E-state index contributed by atoms with van der Waals surface area (Å²) in [7, 11) is 1.54. The van der Waals surface area contributed by atoms with Crippen molar-refractivity contribution in [3.63, 3.8) is 0 Å². The maximum absolute atomic E-state index is 10.3. The van der Waals surface area contributed by atoms with E-state index in [-0.39, 0.29) is 29.7 Å². The van der Waals surface area contributed by atoms with E-state index in [0.29, 0.717) is 44.6 Å². The van der Waals surface area contributed by atoms with E-state index in [9.17, 15) is 5.11 Å². The number of rotatable bonds is 11. The highest BCUT2D eigenvalue weighted by molar-refractivity contribution is 14.0. The van der Waals surface area contributed by atoms with E-state index < -0.39 is 0 Å². The molecule has 0 fully saturated rings. The van der Waals surface area contributed by atoms with Gasteiger partial charge in [0.2, 0.25) is 0 Å². The molecule has 0 aliphatic carbocycles. The molecule has 0 bridgehead atoms. The fourth-order valence-electron chi connectivity index (χ4n) is 2.84. The number of aliphatic imine (C=N–C) groups is 1. The molecule has 2 aromatic rings. The quantitative estimate of drug-likeness (QED) is 0.172. The van der Waals surface area contributed by atoms with Gasteiger partial charge in [-0.1, -0.05) is 24.3 Å². The second kappa shape index (κ2) is 14.7. The van der Waals surface area contributed by atoms with Crippen LogP contribution in [0.5, 0.6) is 17.2 Å². The molecule has 0 aliphatic heterocycles. The Morgan fingerprint density at radius 2 is 1.84 bits per heavy atom. The number of para-hydroxylation sites is 1. The molecule has 3 N–H and O–H groups in total. The van der Waals surface area contributed by atoms with Gasteiger partial charge in [-0.05, 0) is 38.5 Å². The Kier molecular flexibility index (Phi) is 12.8. The predicted octanol–water partition coefficient (Wildman–Crippen LogP) is 4.00. The van der Waals surface area contributed by atoms with Gasteiger partial charge >= 0.3 is 0 Å². The minimum atomic E-state index is 0. The van der Waals surface area contributed by atoms with Crippen molar-refractivity contribution >= 4 is 29.9 Å². The molecule has 0 amide bonds. The van der Waals surface area contributed by atoms with Crippen LogP contribution in [0.4, 0.5) is 0 Å². The van der Waals surface area contributed by atoms with Gasteiger partial charge in [0.25, 0.3) is 0 Å². The third-order valence-corrected chi connectivity index (χ3v) is 4.41. The Bertz CT molecular complexity index is 830. The summed E-state index contributed by atoms with van der Waals surface area (Å²) >= 11 is 0. The number of methoxy groups -OCH3 is 1. The molecule has 0 heterocycles. The fourth-order valence-corrected chi connectivity index (χ4v) is 2.84. The third-order valence-electron chi connectivity index (χ3n) is 4.41. The van der Waals surface area contributed by atoms with Crippen molar-refractivity contribution in [3.8, 4) is 17.2 Å². The lowest BCUT2D eigenvalue weighted by Gasteiger charge is -2.15. The zero-order valence-corrected chi connectivity index (χ0v) is 21.1. The largest absolute Gasteiger partial charge is 0.504 e. The van der Waals surface area contributed by atoms with E-state index in [4.69, 9.17) is 14.2 Å². The molecule has 0 saturated heterocycles. The summed E-state index contributed by atoms with van der Waals surface area (Å²) in [5.41, 5.74) is 2.86. The van der Waals surface area contributed by atoms with E-state index in [1.807, 2.05) is 45.0 Å². The lowest BCUT2D eigenvalue weighted by molar-refractivity contribution is 0.110. The number of aryl methyl sites for hydroxylation is 1. The minimum Gasteiger partial charge on any atom is -0.504 e. The number of phenolic OH excluding ortho intramolecular Hbond substituents is 1. The normalized spacial score (nSPS) is 10.9. The molecule has 31 heavy (non-hydrogen) atoms. The number of nitrogens with one attached hydrogen (secondary N) is 2. The SMILES string of the molecule is CCNC(=NCc1ccc(C)cc1OCCOCC)NCc1cccc(OC)c1O.I. The van der Waals surface area contributed by atoms with Gasteiger partial charge in [-0.15, -0.1) is 24.0 Å². The summed E-state index contributed by atoms with van der Waals surface area (Å²) in [5, 5.41) is 16.8. The first-order valence-corrected chi connectivity index (χ1v) is 10.3. The summed E-state index contributed by atoms with van der Waals surface area (Å²) in [6, 6.07) is 11.5. The number of aromatic hydroxyl groups is 1. The maximum Gasteiger partial charge on any atom is 0.191 e. The summed E-state index contributed by atoms with van der Waals surface area (Å²) in [6.45, 7) is 9.35. The number of guanidine groups is 1. The Labute approximate surface area is 202 Å². The van der Waals surface area contributed by atoms with Gasteiger partial charge in [0.15, 0.2) is 17.5 Å². The van der Waals surface area contributed by atoms with Gasteiger partial charge in [0.1, 0.15) is 12.4 Å². The van der Waals surface area contributed by atoms with Crippen molar-refractivity contribution in [3.05, 3.63) is 53.1 Å². The van der Waals surface area contributed by atoms with Gasteiger partial charge in [-0.3, -0.25) is 0 Å². The summed E-state index contributed by atoms with van der Waals surface area (Å²) in [4.78, 5) is 4.68. The second-order valence-electron chi connectivity index (χ2n) is 6.67. The predicted molar refractivity (Wildman–Crippen MR) is 135 cm³/mol. The standard InChI is InChI=1S/C23H33N3O4.HI/c1-5-24-23(26-16-19-8-7-9-20(28-4)22(19)27)25-15-18-11-10-17(3)14-21(18)30-13-12-29-6-2;/h7-11,14,27H,5-6,12-13,15-16H2,1-4H3,(H2,24,25,26);1H. The Hall–Kier alpha value is -2.20. The highest BCUT2D eigenvalue weighted by atomic mass is 127. The van der Waals surface area contributed by atoms with Crippen LogP contribution >= 0.6 is 24.0 Å². The van der Waals surface area contributed by atoms with Gasteiger partial charge in [-0.25, -0.2) is 4.99 Å². The van der Waals surface area contributed by atoms with Gasteiger partial charge in [-0.2, -0.15) is 0 Å². The first-order valence-electron chi connectivity index (χ1n) is 10.3. The van der Waals surface area contributed by atoms with Crippen LogP contribution in [0.1, 0.15) is 30.5 Å². The average Bonchev–Trinajstić information content (AvgIpc) is 2.75. The maximum atomic E-state index is 10.3. The molecule has 0 aromatic heterocycles. The van der Waals surface area contributed by atoms with Crippen molar-refractivity contribution in [2.45, 2.75) is 33.9 Å². The third kappa shape index (κ3) is 8.82. The molecular weight excluding hydrogens is 509 g/mol. The fraction of sp³-hybridized carbons (Fsp3) is 0.435. The molecule has 0 spiro atoms. The van der Waals surface area contributed by atoms with E-state index in [2.05, 4.69) is 21.7 Å². The molecule has 0 radical (unpaired) electrons. The van der Waals surface area contributed by atoms with Gasteiger partial charge in [0.05, 0.1) is 20.3 Å². The van der Waals surface area contributed by atoms with Crippen molar-refractivity contribution < 1.29 is 19.3 Å². The first kappa shape index (κ1) is 26.8. The highest BCUT2D eigenvalue weighted by Gasteiger charge is 2.09. The summed E-state index contributed by atoms with van der Waals surface area (Å²) in [5.74, 6) is 2.05. The lowest BCUT2D eigenvalue weighted by Crippen LogP contribution is -2.36. The number of halogens is 1. The van der Waals surface area contributed by atoms with Crippen LogP contribution in [-0.4, -0.2) is 44.5 Å². The van der Waals surface area contributed by atoms with Crippen molar-refractivity contribution in [1.82, 2.24) is 10.6 Å². The molecule has 0 aliphatic rings. The zero-order valence-electron chi connectivity index (χ0n) is 18.7. The molecule has 172 valence electrons. The first-order chi connectivity index (χ1) is 14.6. The highest BCUT2D eigenvalue weighted by Crippen LogP contribution is 2.29. The number of nitrogens with zero attached hydrogens (tertiary/aromatic N) is 1. The van der Waals surface area contributed by atoms with E-state index in [1.165, 1.54) is 7.11 Å². The van der Waals surface area contributed by atoms with Crippen LogP contribution in [0, 0.1) is 6.92 Å². The monoisotopic (exact) mass is 543 g/mol. The van der Waals surface area contributed by atoms with E-state index in [1.54, 1.807) is 6.07 Å². The number of phenols is 1. The van der Waals surface area contributed by atoms with Crippen LogP contribution in [0.2, 0.25) is 0 Å². The molecule has 0 saturated carbocycles. The molecule has 8 heteroatoms. The summed E-state index contributed by atoms with van der Waals surface area (Å²) in [6.07, 6.45) is 0. The lowest BCUT2D eigenvalue weighted by atomic mass is 10.1. The van der Waals surface area contributed by atoms with Gasteiger partial charge in [0, 0.05) is 30.8 Å². The van der Waals surface area contributed by atoms with E-state index >= 15 is 0 Å². The van der Waals surface area contributed by atoms with Crippen LogP contribution in [0.3, 0.4) is 0 Å². The van der Waals surface area contributed by atoms with Crippen molar-refractivity contribution in [1.29, 1.82) is 0 Å². The van der Waals surface area contributed by atoms with Gasteiger partial charge < -0.3 is 30.0 Å². The number of hydrogen-bond acceptors (Lipinski definition) is 5. The van der Waals surface area contributed by atoms with Crippen molar-refractivity contribution in [2.24, 2.45) is 4.99 Å². The molecule has 2 aromatic carbocycles. The smallest absolute Gasteiger partial charge is 0.191 e. The zero-order chi connectivity index (χ0) is 21.8. The summed E-state index contributed by atoms with van der Waals surface area (Å²) < 4.78 is 16.4. The molecular formula is C23H34IN3O4. The Morgan fingerprint density at radius 3 is 2.55 bits per heavy atom. The van der Waals surface area contributed by atoms with Crippen LogP contribution in [-0.2, 0) is 17.8 Å². The van der Waals surface area contributed by atoms with Crippen LogP contribution in [0.25, 0.3) is 0 Å². The topological polar surface area (TPSA) is 84.3 Å². The molecule has 0 atom stereocenters. The number of hydrogen-bond donors (Lipinski definition) is 3. The molecule has 0 unspecified atom stereocenters. The van der Waals surface area contributed by atoms with Crippen LogP contribution in [0.15, 0.2) is 41.4 Å².